The van der Waals surface area contributed by atoms with Gasteiger partial charge in [-0.2, -0.15) is 0 Å². The molecule has 110 valence electrons. The van der Waals surface area contributed by atoms with Crippen LogP contribution in [0, 0.1) is 0 Å². The molecule has 1 heterocycles. The molecule has 0 bridgehead atoms. The summed E-state index contributed by atoms with van der Waals surface area (Å²) >= 11 is 0. The zero-order valence-electron chi connectivity index (χ0n) is 12.7. The number of Topliss-reactive ketones (excluding diaryl/α,β-unsaturated/α-hetero) is 1. The summed E-state index contributed by atoms with van der Waals surface area (Å²) in [6, 6.07) is 5.50. The molecule has 20 heavy (non-hydrogen) atoms. The number of carbonyl (C=O) groups excluding carboxylic acids is 1. The van der Waals surface area contributed by atoms with Crippen LogP contribution in [0.25, 0.3) is 0 Å². The molecule has 1 aliphatic heterocycles. The van der Waals surface area contributed by atoms with E-state index < -0.39 is 6.04 Å². The van der Waals surface area contributed by atoms with E-state index in [-0.39, 0.29) is 11.9 Å². The lowest BCUT2D eigenvalue weighted by atomic mass is 10.0. The Balaban J connectivity index is 2.40. The van der Waals surface area contributed by atoms with Crippen LogP contribution in [-0.4, -0.2) is 30.5 Å². The van der Waals surface area contributed by atoms with Crippen LogP contribution < -0.4 is 15.4 Å². The van der Waals surface area contributed by atoms with Gasteiger partial charge in [-0.15, -0.1) is 0 Å². The topological polar surface area (TPSA) is 55.6 Å². The van der Waals surface area contributed by atoms with Crippen LogP contribution in [-0.2, 0) is 0 Å². The molecular formula is C16H24N2O2. The van der Waals surface area contributed by atoms with E-state index >= 15 is 0 Å². The molecule has 0 aromatic heterocycles. The number of hydrogen-bond donors (Lipinski definition) is 1. The Hall–Kier alpha value is -1.55. The summed E-state index contributed by atoms with van der Waals surface area (Å²) in [7, 11) is 0. The molecule has 2 atom stereocenters. The molecule has 1 aliphatic rings. The van der Waals surface area contributed by atoms with E-state index in [2.05, 4.69) is 25.7 Å². The fraction of sp³-hybridized carbons (Fsp3) is 0.562. The maximum Gasteiger partial charge on any atom is 0.179 e. The second kappa shape index (κ2) is 5.83. The molecule has 2 unspecified atom stereocenters. The molecule has 4 nitrogen and oxygen atoms in total. The summed E-state index contributed by atoms with van der Waals surface area (Å²) in [4.78, 5) is 14.3. The standard InChI is InChI=1S/C16H24N2O2/c1-5-13-9-18(10(2)3)14-8-12(16(19)11(4)17)6-7-15(14)20-13/h6-8,10-11,13H,5,9,17H2,1-4H3. The molecule has 2 rings (SSSR count). The average Bonchev–Trinajstić information content (AvgIpc) is 2.44. The first-order chi connectivity index (χ1) is 9.43. The average molecular weight is 276 g/mol. The van der Waals surface area contributed by atoms with Crippen molar-refractivity contribution >= 4 is 11.5 Å². The quantitative estimate of drug-likeness (QED) is 0.859. The number of fused-ring (bicyclic) bond motifs is 1. The monoisotopic (exact) mass is 276 g/mol. The van der Waals surface area contributed by atoms with Crippen LogP contribution in [0.3, 0.4) is 0 Å². The summed E-state index contributed by atoms with van der Waals surface area (Å²) in [5.41, 5.74) is 7.34. The molecule has 0 spiro atoms. The molecule has 4 heteroatoms. The van der Waals surface area contributed by atoms with Crippen molar-refractivity contribution < 1.29 is 9.53 Å². The lowest BCUT2D eigenvalue weighted by Crippen LogP contribution is -2.43. The number of anilines is 1. The van der Waals surface area contributed by atoms with E-state index in [9.17, 15) is 4.79 Å². The molecule has 0 saturated carbocycles. The highest BCUT2D eigenvalue weighted by molar-refractivity contribution is 6.00. The number of nitrogens with zero attached hydrogens (tertiary/aromatic N) is 1. The minimum atomic E-state index is -0.478. The summed E-state index contributed by atoms with van der Waals surface area (Å²) in [5, 5.41) is 0. The van der Waals surface area contributed by atoms with Crippen molar-refractivity contribution in [2.75, 3.05) is 11.4 Å². The third-order valence-corrected chi connectivity index (χ3v) is 3.74. The predicted molar refractivity (Wildman–Crippen MR) is 81.6 cm³/mol. The number of benzene rings is 1. The molecule has 0 fully saturated rings. The maximum absolute atomic E-state index is 12.0. The first-order valence-electron chi connectivity index (χ1n) is 7.31. The number of nitrogens with two attached hydrogens (primary N) is 1. The van der Waals surface area contributed by atoms with E-state index in [1.807, 2.05) is 12.1 Å². The van der Waals surface area contributed by atoms with E-state index in [0.29, 0.717) is 11.6 Å². The first-order valence-corrected chi connectivity index (χ1v) is 7.31. The van der Waals surface area contributed by atoms with Gasteiger partial charge in [0.05, 0.1) is 18.3 Å². The van der Waals surface area contributed by atoms with Crippen molar-refractivity contribution in [2.45, 2.75) is 52.3 Å². The van der Waals surface area contributed by atoms with Gasteiger partial charge in [-0.25, -0.2) is 0 Å². The van der Waals surface area contributed by atoms with E-state index in [4.69, 9.17) is 10.5 Å². The molecule has 1 aromatic rings. The molecule has 0 saturated heterocycles. The minimum absolute atomic E-state index is 0.0332. The Kier molecular flexibility index (Phi) is 4.33. The largest absolute Gasteiger partial charge is 0.486 e. The summed E-state index contributed by atoms with van der Waals surface area (Å²) in [5.74, 6) is 0.826. The molecule has 0 radical (unpaired) electrons. The lowest BCUT2D eigenvalue weighted by Gasteiger charge is -2.38. The number of ketones is 1. The van der Waals surface area contributed by atoms with Crippen molar-refractivity contribution in [3.05, 3.63) is 23.8 Å². The highest BCUT2D eigenvalue weighted by Crippen LogP contribution is 2.36. The molecular weight excluding hydrogens is 252 g/mol. The van der Waals surface area contributed by atoms with Gasteiger partial charge in [0.1, 0.15) is 11.9 Å². The van der Waals surface area contributed by atoms with Gasteiger partial charge in [0.2, 0.25) is 0 Å². The molecule has 0 amide bonds. The predicted octanol–water partition coefficient (Wildman–Crippen LogP) is 2.60. The van der Waals surface area contributed by atoms with Gasteiger partial charge in [-0.3, -0.25) is 4.79 Å². The van der Waals surface area contributed by atoms with Crippen LogP contribution in [0.2, 0.25) is 0 Å². The van der Waals surface area contributed by atoms with Crippen LogP contribution >= 0.6 is 0 Å². The Morgan fingerprint density at radius 3 is 2.70 bits per heavy atom. The SMILES string of the molecule is CCC1CN(C(C)C)c2cc(C(=O)C(C)N)ccc2O1. The second-order valence-electron chi connectivity index (χ2n) is 5.73. The molecule has 0 aliphatic carbocycles. The van der Waals surface area contributed by atoms with Crippen molar-refractivity contribution in [2.24, 2.45) is 5.73 Å². The zero-order valence-corrected chi connectivity index (χ0v) is 12.7. The highest BCUT2D eigenvalue weighted by Gasteiger charge is 2.27. The van der Waals surface area contributed by atoms with Gasteiger partial charge in [-0.1, -0.05) is 6.92 Å². The highest BCUT2D eigenvalue weighted by atomic mass is 16.5. The molecule has 2 N–H and O–H groups in total. The van der Waals surface area contributed by atoms with Gasteiger partial charge in [0.25, 0.3) is 0 Å². The third kappa shape index (κ3) is 2.80. The summed E-state index contributed by atoms with van der Waals surface area (Å²) in [6.07, 6.45) is 1.18. The zero-order chi connectivity index (χ0) is 14.9. The van der Waals surface area contributed by atoms with Crippen LogP contribution in [0.4, 0.5) is 5.69 Å². The Bertz CT molecular complexity index is 497. The van der Waals surface area contributed by atoms with Crippen molar-refractivity contribution in [1.82, 2.24) is 0 Å². The maximum atomic E-state index is 12.0. The smallest absolute Gasteiger partial charge is 0.179 e. The number of carbonyl (C=O) groups is 1. The van der Waals surface area contributed by atoms with Crippen LogP contribution in [0.15, 0.2) is 18.2 Å². The number of rotatable bonds is 4. The number of ether oxygens (including phenoxy) is 1. The van der Waals surface area contributed by atoms with Crippen molar-refractivity contribution in [3.63, 3.8) is 0 Å². The van der Waals surface area contributed by atoms with Gasteiger partial charge in [0.15, 0.2) is 5.78 Å². The Morgan fingerprint density at radius 2 is 2.15 bits per heavy atom. The van der Waals surface area contributed by atoms with Crippen molar-refractivity contribution in [3.8, 4) is 5.75 Å². The normalized spacial score (nSPS) is 19.5. The summed E-state index contributed by atoms with van der Waals surface area (Å²) < 4.78 is 5.97. The lowest BCUT2D eigenvalue weighted by molar-refractivity contribution is 0.0968. The van der Waals surface area contributed by atoms with Gasteiger partial charge in [-0.05, 0) is 45.4 Å². The van der Waals surface area contributed by atoms with Crippen LogP contribution in [0.5, 0.6) is 5.75 Å². The van der Waals surface area contributed by atoms with E-state index in [1.54, 1.807) is 13.0 Å². The van der Waals surface area contributed by atoms with E-state index in [1.165, 1.54) is 0 Å². The molecule has 1 aromatic carbocycles. The van der Waals surface area contributed by atoms with E-state index in [0.717, 1.165) is 24.4 Å². The fourth-order valence-electron chi connectivity index (χ4n) is 2.49. The van der Waals surface area contributed by atoms with Gasteiger partial charge in [0, 0.05) is 11.6 Å². The Labute approximate surface area is 120 Å². The number of hydrogen-bond acceptors (Lipinski definition) is 4. The minimum Gasteiger partial charge on any atom is -0.486 e. The Morgan fingerprint density at radius 1 is 1.45 bits per heavy atom. The van der Waals surface area contributed by atoms with Crippen LogP contribution in [0.1, 0.15) is 44.5 Å². The second-order valence-corrected chi connectivity index (χ2v) is 5.73. The summed E-state index contributed by atoms with van der Waals surface area (Å²) in [6.45, 7) is 9.01. The van der Waals surface area contributed by atoms with Gasteiger partial charge >= 0.3 is 0 Å². The fourth-order valence-corrected chi connectivity index (χ4v) is 2.49. The van der Waals surface area contributed by atoms with Crippen molar-refractivity contribution in [1.29, 1.82) is 0 Å². The third-order valence-electron chi connectivity index (χ3n) is 3.74. The van der Waals surface area contributed by atoms with Gasteiger partial charge < -0.3 is 15.4 Å². The first kappa shape index (κ1) is 14.9.